The van der Waals surface area contributed by atoms with E-state index in [2.05, 4.69) is 0 Å². The van der Waals surface area contributed by atoms with E-state index < -0.39 is 17.7 Å². The van der Waals surface area contributed by atoms with Crippen molar-refractivity contribution in [2.45, 2.75) is 20.3 Å². The number of rotatable bonds is 6. The van der Waals surface area contributed by atoms with Crippen molar-refractivity contribution in [3.8, 4) is 0 Å². The topological polar surface area (TPSA) is 46.6 Å². The quantitative estimate of drug-likeness (QED) is 0.590. The van der Waals surface area contributed by atoms with Crippen LogP contribution in [-0.2, 0) is 9.53 Å². The van der Waals surface area contributed by atoms with Crippen LogP contribution in [0.25, 0.3) is 0 Å². The predicted octanol–water partition coefficient (Wildman–Crippen LogP) is 3.55. The lowest BCUT2D eigenvalue weighted by molar-refractivity contribution is -0.143. The van der Waals surface area contributed by atoms with Crippen molar-refractivity contribution in [2.24, 2.45) is 0 Å². The molecule has 7 heteroatoms. The van der Waals surface area contributed by atoms with Crippen molar-refractivity contribution >= 4 is 35.1 Å². The molecule has 0 saturated carbocycles. The van der Waals surface area contributed by atoms with Gasteiger partial charge in [-0.25, -0.2) is 4.39 Å². The Labute approximate surface area is 132 Å². The Bertz CT molecular complexity index is 537. The van der Waals surface area contributed by atoms with E-state index in [0.717, 1.165) is 6.07 Å². The van der Waals surface area contributed by atoms with Gasteiger partial charge in [0.25, 0.3) is 5.91 Å². The minimum absolute atomic E-state index is 0.0312. The van der Waals surface area contributed by atoms with Crippen LogP contribution < -0.4 is 0 Å². The zero-order valence-corrected chi connectivity index (χ0v) is 13.3. The molecule has 0 N–H and O–H groups in total. The summed E-state index contributed by atoms with van der Waals surface area (Å²) >= 11 is 11.5. The summed E-state index contributed by atoms with van der Waals surface area (Å²) in [6, 6.07) is 2.14. The normalized spacial score (nSPS) is 10.3. The molecule has 0 heterocycles. The first-order valence-corrected chi connectivity index (χ1v) is 7.25. The molecule has 0 atom stereocenters. The van der Waals surface area contributed by atoms with Gasteiger partial charge in [-0.1, -0.05) is 30.1 Å². The van der Waals surface area contributed by atoms with Crippen LogP contribution in [0, 0.1) is 5.82 Å². The van der Waals surface area contributed by atoms with Gasteiger partial charge in [-0.2, -0.15) is 0 Å². The first kappa shape index (κ1) is 17.7. The standard InChI is InChI=1S/C14H16Cl2FNO3/c1-3-5-18(8-13(19)21-4-2)14(20)9-6-12(17)11(16)7-10(9)15/h6-7H,3-5,8H2,1-2H3. The summed E-state index contributed by atoms with van der Waals surface area (Å²) in [6.45, 7) is 3.88. The predicted molar refractivity (Wildman–Crippen MR) is 79.2 cm³/mol. The minimum Gasteiger partial charge on any atom is -0.465 e. The summed E-state index contributed by atoms with van der Waals surface area (Å²) in [4.78, 5) is 25.2. The van der Waals surface area contributed by atoms with Crippen LogP contribution in [0.3, 0.4) is 0 Å². The van der Waals surface area contributed by atoms with E-state index >= 15 is 0 Å². The Hall–Kier alpha value is -1.33. The zero-order valence-electron chi connectivity index (χ0n) is 11.8. The van der Waals surface area contributed by atoms with E-state index in [1.807, 2.05) is 6.92 Å². The fourth-order valence-corrected chi connectivity index (χ4v) is 2.21. The van der Waals surface area contributed by atoms with Crippen LogP contribution in [0.1, 0.15) is 30.6 Å². The van der Waals surface area contributed by atoms with Crippen LogP contribution >= 0.6 is 23.2 Å². The number of ether oxygens (including phenoxy) is 1. The Morgan fingerprint density at radius 1 is 1.24 bits per heavy atom. The second-order valence-corrected chi connectivity index (χ2v) is 5.09. The third kappa shape index (κ3) is 4.86. The maximum Gasteiger partial charge on any atom is 0.325 e. The molecular formula is C14H16Cl2FNO3. The fraction of sp³-hybridized carbons (Fsp3) is 0.429. The number of esters is 1. The number of benzene rings is 1. The van der Waals surface area contributed by atoms with Gasteiger partial charge in [0.1, 0.15) is 12.4 Å². The van der Waals surface area contributed by atoms with Crippen molar-refractivity contribution < 1.29 is 18.7 Å². The van der Waals surface area contributed by atoms with Gasteiger partial charge in [-0.3, -0.25) is 9.59 Å². The van der Waals surface area contributed by atoms with Gasteiger partial charge in [-0.15, -0.1) is 0 Å². The summed E-state index contributed by atoms with van der Waals surface area (Å²) < 4.78 is 18.3. The molecule has 0 aliphatic heterocycles. The average molecular weight is 336 g/mol. The summed E-state index contributed by atoms with van der Waals surface area (Å²) in [5, 5.41) is -0.125. The minimum atomic E-state index is -0.739. The van der Waals surface area contributed by atoms with Gasteiger partial charge < -0.3 is 9.64 Å². The lowest BCUT2D eigenvalue weighted by Crippen LogP contribution is -2.37. The van der Waals surface area contributed by atoms with Crippen molar-refractivity contribution in [3.05, 3.63) is 33.6 Å². The van der Waals surface area contributed by atoms with E-state index in [0.29, 0.717) is 13.0 Å². The molecule has 0 unspecified atom stereocenters. The summed E-state index contributed by atoms with van der Waals surface area (Å²) in [7, 11) is 0. The van der Waals surface area contributed by atoms with Gasteiger partial charge in [0.15, 0.2) is 0 Å². The number of carbonyl (C=O) groups is 2. The molecule has 0 aliphatic rings. The fourth-order valence-electron chi connectivity index (χ4n) is 1.74. The molecule has 1 aromatic carbocycles. The summed E-state index contributed by atoms with van der Waals surface area (Å²) in [5.41, 5.74) is -0.0312. The molecule has 4 nitrogen and oxygen atoms in total. The van der Waals surface area contributed by atoms with Gasteiger partial charge in [-0.05, 0) is 25.5 Å². The third-order valence-electron chi connectivity index (χ3n) is 2.65. The zero-order chi connectivity index (χ0) is 16.0. The first-order valence-electron chi connectivity index (χ1n) is 6.50. The molecule has 0 aliphatic carbocycles. The SMILES string of the molecule is CCCN(CC(=O)OCC)C(=O)c1cc(F)c(Cl)cc1Cl. The average Bonchev–Trinajstić information content (AvgIpc) is 2.42. The molecule has 0 saturated heterocycles. The van der Waals surface area contributed by atoms with Gasteiger partial charge in [0.2, 0.25) is 0 Å². The van der Waals surface area contributed by atoms with E-state index in [9.17, 15) is 14.0 Å². The van der Waals surface area contributed by atoms with Crippen molar-refractivity contribution in [1.82, 2.24) is 4.90 Å². The number of hydrogen-bond donors (Lipinski definition) is 0. The van der Waals surface area contributed by atoms with E-state index in [4.69, 9.17) is 27.9 Å². The van der Waals surface area contributed by atoms with Gasteiger partial charge >= 0.3 is 5.97 Å². The molecule has 21 heavy (non-hydrogen) atoms. The highest BCUT2D eigenvalue weighted by Gasteiger charge is 2.22. The van der Waals surface area contributed by atoms with Crippen LogP contribution in [0.5, 0.6) is 0 Å². The smallest absolute Gasteiger partial charge is 0.325 e. The monoisotopic (exact) mass is 335 g/mol. The maximum absolute atomic E-state index is 13.5. The largest absolute Gasteiger partial charge is 0.465 e. The number of amides is 1. The second-order valence-electron chi connectivity index (χ2n) is 4.28. The van der Waals surface area contributed by atoms with Crippen LogP contribution in [0.4, 0.5) is 4.39 Å². The first-order chi connectivity index (χ1) is 9.90. The number of hydrogen-bond acceptors (Lipinski definition) is 3. The lowest BCUT2D eigenvalue weighted by Gasteiger charge is -2.21. The number of carbonyl (C=O) groups excluding carboxylic acids is 2. The molecular weight excluding hydrogens is 320 g/mol. The van der Waals surface area contributed by atoms with Crippen LogP contribution in [0.2, 0.25) is 10.0 Å². The van der Waals surface area contributed by atoms with Gasteiger partial charge in [0, 0.05) is 6.54 Å². The molecule has 0 spiro atoms. The Balaban J connectivity index is 3.00. The third-order valence-corrected chi connectivity index (χ3v) is 3.25. The van der Waals surface area contributed by atoms with Crippen molar-refractivity contribution in [3.63, 3.8) is 0 Å². The molecule has 0 aromatic heterocycles. The second kappa shape index (κ2) is 8.20. The lowest BCUT2D eigenvalue weighted by atomic mass is 10.2. The van der Waals surface area contributed by atoms with Crippen LogP contribution in [0.15, 0.2) is 12.1 Å². The summed E-state index contributed by atoms with van der Waals surface area (Å²) in [6.07, 6.45) is 0.638. The summed E-state index contributed by atoms with van der Waals surface area (Å²) in [5.74, 6) is -1.80. The van der Waals surface area contributed by atoms with Crippen molar-refractivity contribution in [2.75, 3.05) is 19.7 Å². The maximum atomic E-state index is 13.5. The highest BCUT2D eigenvalue weighted by molar-refractivity contribution is 6.36. The molecule has 1 amide bonds. The molecule has 0 radical (unpaired) electrons. The number of halogens is 3. The Morgan fingerprint density at radius 3 is 2.48 bits per heavy atom. The van der Waals surface area contributed by atoms with E-state index in [1.54, 1.807) is 6.92 Å². The molecule has 1 rings (SSSR count). The molecule has 1 aromatic rings. The molecule has 0 fully saturated rings. The van der Waals surface area contributed by atoms with E-state index in [-0.39, 0.29) is 28.8 Å². The van der Waals surface area contributed by atoms with Gasteiger partial charge in [0.05, 0.1) is 22.2 Å². The Morgan fingerprint density at radius 2 is 1.90 bits per heavy atom. The van der Waals surface area contributed by atoms with E-state index in [1.165, 1.54) is 11.0 Å². The number of nitrogens with zero attached hydrogens (tertiary/aromatic N) is 1. The van der Waals surface area contributed by atoms with Crippen molar-refractivity contribution in [1.29, 1.82) is 0 Å². The molecule has 0 bridgehead atoms. The highest BCUT2D eigenvalue weighted by atomic mass is 35.5. The van der Waals surface area contributed by atoms with Crippen LogP contribution in [-0.4, -0.2) is 36.5 Å². The Kier molecular flexibility index (Phi) is 6.92. The molecule has 116 valence electrons. The highest BCUT2D eigenvalue weighted by Crippen LogP contribution is 2.25.